The molecule has 5 N–H and O–H groups in total. The SMILES string of the molecule is Cc1ncc(-c2cn3c(-c4cc(C(O)(CO)C(F)(F)F)ccc4C)cnc3c(N)n2)s1.O=C(O)C(F)(F)F. The van der Waals surface area contributed by atoms with Gasteiger partial charge in [0.15, 0.2) is 11.5 Å². The zero-order valence-electron chi connectivity index (χ0n) is 19.5. The number of rotatable bonds is 4. The number of carboxylic acids is 1. The normalized spacial score (nSPS) is 13.6. The van der Waals surface area contributed by atoms with Gasteiger partial charge < -0.3 is 21.1 Å². The van der Waals surface area contributed by atoms with Crippen LogP contribution in [-0.2, 0) is 10.4 Å². The molecular formula is C22H19F6N5O4S. The molecule has 16 heteroatoms. The molecule has 4 aromatic rings. The highest BCUT2D eigenvalue weighted by atomic mass is 32.1. The topological polar surface area (TPSA) is 147 Å². The number of alkyl halides is 6. The average Bonchev–Trinajstić information content (AvgIpc) is 3.44. The molecule has 0 amide bonds. The van der Waals surface area contributed by atoms with E-state index >= 15 is 0 Å². The highest BCUT2D eigenvalue weighted by molar-refractivity contribution is 7.15. The number of imidazole rings is 1. The number of hydrogen-bond donors (Lipinski definition) is 4. The number of aliphatic carboxylic acids is 1. The molecule has 0 aliphatic carbocycles. The van der Waals surface area contributed by atoms with Gasteiger partial charge in [-0.05, 0) is 31.0 Å². The van der Waals surface area contributed by atoms with Gasteiger partial charge in [-0.15, -0.1) is 11.3 Å². The maximum atomic E-state index is 13.5. The van der Waals surface area contributed by atoms with Gasteiger partial charge in [0.05, 0.1) is 28.4 Å². The molecule has 3 aromatic heterocycles. The predicted octanol–water partition coefficient (Wildman–Crippen LogP) is 4.09. The van der Waals surface area contributed by atoms with Crippen LogP contribution in [0, 0.1) is 13.8 Å². The van der Waals surface area contributed by atoms with Crippen molar-refractivity contribution in [1.82, 2.24) is 19.4 Å². The number of fused-ring (bicyclic) bond motifs is 1. The Kier molecular flexibility index (Phi) is 7.72. The molecule has 0 saturated heterocycles. The molecule has 1 aromatic carbocycles. The van der Waals surface area contributed by atoms with Crippen LogP contribution in [0.2, 0.25) is 0 Å². The Morgan fingerprint density at radius 1 is 1.11 bits per heavy atom. The van der Waals surface area contributed by atoms with Gasteiger partial charge in [-0.1, -0.05) is 12.1 Å². The fourth-order valence-electron chi connectivity index (χ4n) is 3.31. The summed E-state index contributed by atoms with van der Waals surface area (Å²) in [6.45, 7) is 2.08. The highest BCUT2D eigenvalue weighted by Crippen LogP contribution is 2.40. The van der Waals surface area contributed by atoms with Crippen LogP contribution in [0.4, 0.5) is 32.2 Å². The first-order valence-corrected chi connectivity index (χ1v) is 11.2. The number of nitrogen functional groups attached to an aromatic ring is 1. The number of halogens is 6. The zero-order chi connectivity index (χ0) is 28.6. The molecule has 0 aliphatic rings. The third kappa shape index (κ3) is 5.56. The number of benzene rings is 1. The lowest BCUT2D eigenvalue weighted by Crippen LogP contribution is -2.45. The monoisotopic (exact) mass is 563 g/mol. The van der Waals surface area contributed by atoms with Crippen LogP contribution >= 0.6 is 11.3 Å². The van der Waals surface area contributed by atoms with E-state index in [1.165, 1.54) is 29.7 Å². The summed E-state index contributed by atoms with van der Waals surface area (Å²) in [4.78, 5) is 22.5. The lowest BCUT2D eigenvalue weighted by molar-refractivity contribution is -0.277. The van der Waals surface area contributed by atoms with Crippen LogP contribution in [-0.4, -0.2) is 59.6 Å². The third-order valence-corrected chi connectivity index (χ3v) is 6.26. The Hall–Kier alpha value is -3.76. The van der Waals surface area contributed by atoms with Gasteiger partial charge in [0.25, 0.3) is 0 Å². The molecule has 0 bridgehead atoms. The number of aryl methyl sites for hydroxylation is 2. The van der Waals surface area contributed by atoms with Crippen molar-refractivity contribution in [3.63, 3.8) is 0 Å². The summed E-state index contributed by atoms with van der Waals surface area (Å²) < 4.78 is 73.7. The van der Waals surface area contributed by atoms with Gasteiger partial charge in [-0.25, -0.2) is 19.7 Å². The minimum absolute atomic E-state index is 0.158. The molecule has 0 fully saturated rings. The van der Waals surface area contributed by atoms with Crippen LogP contribution in [0.3, 0.4) is 0 Å². The van der Waals surface area contributed by atoms with Crippen molar-refractivity contribution in [1.29, 1.82) is 0 Å². The second-order valence-electron chi connectivity index (χ2n) is 7.94. The van der Waals surface area contributed by atoms with E-state index in [0.29, 0.717) is 28.2 Å². The maximum Gasteiger partial charge on any atom is 0.490 e. The molecular weight excluding hydrogens is 544 g/mol. The summed E-state index contributed by atoms with van der Waals surface area (Å²) in [5.74, 6) is -2.60. The number of aliphatic hydroxyl groups is 2. The first-order chi connectivity index (χ1) is 17.5. The summed E-state index contributed by atoms with van der Waals surface area (Å²) in [6, 6.07) is 3.80. The van der Waals surface area contributed by atoms with Crippen molar-refractivity contribution in [2.45, 2.75) is 31.8 Å². The van der Waals surface area contributed by atoms with E-state index in [2.05, 4.69) is 15.0 Å². The smallest absolute Gasteiger partial charge is 0.475 e. The van der Waals surface area contributed by atoms with Crippen molar-refractivity contribution < 1.29 is 46.5 Å². The largest absolute Gasteiger partial charge is 0.490 e. The van der Waals surface area contributed by atoms with E-state index < -0.39 is 36.1 Å². The van der Waals surface area contributed by atoms with Crippen LogP contribution in [0.15, 0.2) is 36.8 Å². The molecule has 0 radical (unpaired) electrons. The number of carbonyl (C=O) groups is 1. The second kappa shape index (κ2) is 10.2. The van der Waals surface area contributed by atoms with Crippen LogP contribution in [0.25, 0.3) is 27.5 Å². The molecule has 9 nitrogen and oxygen atoms in total. The number of thiazole rings is 1. The van der Waals surface area contributed by atoms with Crippen molar-refractivity contribution >= 4 is 28.8 Å². The van der Waals surface area contributed by atoms with Gasteiger partial charge in [0, 0.05) is 18.0 Å². The van der Waals surface area contributed by atoms with Crippen molar-refractivity contribution in [3.8, 4) is 21.8 Å². The van der Waals surface area contributed by atoms with E-state index in [9.17, 15) is 36.6 Å². The Bertz CT molecular complexity index is 1480. The summed E-state index contributed by atoms with van der Waals surface area (Å²) in [5.41, 5.74) is 4.63. The van der Waals surface area contributed by atoms with Crippen LogP contribution < -0.4 is 5.73 Å². The van der Waals surface area contributed by atoms with E-state index in [1.807, 2.05) is 6.92 Å². The number of aromatic nitrogens is 4. The van der Waals surface area contributed by atoms with Gasteiger partial charge in [-0.2, -0.15) is 26.3 Å². The quantitative estimate of drug-likeness (QED) is 0.272. The molecule has 0 saturated carbocycles. The van der Waals surface area contributed by atoms with Crippen molar-refractivity contribution in [2.24, 2.45) is 0 Å². The first-order valence-electron chi connectivity index (χ1n) is 10.4. The van der Waals surface area contributed by atoms with Gasteiger partial charge in [0.2, 0.25) is 5.60 Å². The van der Waals surface area contributed by atoms with Gasteiger partial charge >= 0.3 is 18.3 Å². The molecule has 3 heterocycles. The minimum atomic E-state index is -5.08. The van der Waals surface area contributed by atoms with Crippen LogP contribution in [0.5, 0.6) is 0 Å². The van der Waals surface area contributed by atoms with Gasteiger partial charge in [-0.3, -0.25) is 4.40 Å². The Morgan fingerprint density at radius 2 is 1.74 bits per heavy atom. The number of hydrogen-bond acceptors (Lipinski definition) is 8. The fraction of sp³-hybridized carbons (Fsp3) is 0.273. The van der Waals surface area contributed by atoms with Crippen LogP contribution in [0.1, 0.15) is 16.1 Å². The summed E-state index contributed by atoms with van der Waals surface area (Å²) in [7, 11) is 0. The Labute approximate surface area is 213 Å². The number of anilines is 1. The maximum absolute atomic E-state index is 13.5. The molecule has 1 atom stereocenters. The zero-order valence-corrected chi connectivity index (χ0v) is 20.3. The molecule has 0 spiro atoms. The molecule has 204 valence electrons. The Balaban J connectivity index is 0.000000505. The summed E-state index contributed by atoms with van der Waals surface area (Å²) in [5, 5.41) is 27.5. The van der Waals surface area contributed by atoms with Crippen molar-refractivity contribution in [2.75, 3.05) is 12.3 Å². The number of nitrogens with zero attached hydrogens (tertiary/aromatic N) is 4. The second-order valence-corrected chi connectivity index (χ2v) is 9.18. The number of carboxylic acid groups (broad SMARTS) is 1. The van der Waals surface area contributed by atoms with E-state index in [0.717, 1.165) is 16.0 Å². The fourth-order valence-corrected chi connectivity index (χ4v) is 4.04. The molecule has 0 aliphatic heterocycles. The van der Waals surface area contributed by atoms with Gasteiger partial charge in [0.1, 0.15) is 5.69 Å². The van der Waals surface area contributed by atoms with E-state index in [-0.39, 0.29) is 5.82 Å². The number of nitrogens with two attached hydrogens (primary N) is 1. The molecule has 38 heavy (non-hydrogen) atoms. The standard InChI is InChI=1S/C20H18F3N5O2S.C2HF3O2/c1-10-3-4-12(19(30,9-29)20(21,22)23)5-13(10)15-6-26-18-17(24)27-14(8-28(15)18)16-7-25-11(2)31-16;3-2(4,5)1(6)7/h3-8,29-30H,9H2,1-2H3,(H2,24,27);(H,6,7). The van der Waals surface area contributed by atoms with Crippen molar-refractivity contribution in [3.05, 3.63) is 52.9 Å². The minimum Gasteiger partial charge on any atom is -0.475 e. The molecule has 1 unspecified atom stereocenters. The lowest BCUT2D eigenvalue weighted by Gasteiger charge is -2.29. The summed E-state index contributed by atoms with van der Waals surface area (Å²) in [6.07, 6.45) is -5.30. The lowest BCUT2D eigenvalue weighted by atomic mass is 9.90. The summed E-state index contributed by atoms with van der Waals surface area (Å²) >= 11 is 1.43. The first kappa shape index (κ1) is 28.8. The molecule has 4 rings (SSSR count). The Morgan fingerprint density at radius 3 is 2.24 bits per heavy atom. The van der Waals surface area contributed by atoms with E-state index in [1.54, 1.807) is 23.7 Å². The van der Waals surface area contributed by atoms with E-state index in [4.69, 9.17) is 15.6 Å². The number of aliphatic hydroxyl groups excluding tert-OH is 1. The highest BCUT2D eigenvalue weighted by Gasteiger charge is 2.54. The third-order valence-electron chi connectivity index (χ3n) is 5.32. The predicted molar refractivity (Wildman–Crippen MR) is 124 cm³/mol. The average molecular weight is 563 g/mol.